The third-order valence-corrected chi connectivity index (χ3v) is 2.76. The Morgan fingerprint density at radius 2 is 1.62 bits per heavy atom. The molecule has 0 unspecified atom stereocenters. The highest BCUT2D eigenvalue weighted by molar-refractivity contribution is 6.32. The maximum absolute atomic E-state index is 5.79. The molecule has 0 amide bonds. The van der Waals surface area contributed by atoms with Gasteiger partial charge in [0.2, 0.25) is 0 Å². The van der Waals surface area contributed by atoms with E-state index in [4.69, 9.17) is 4.42 Å². The van der Waals surface area contributed by atoms with Crippen molar-refractivity contribution in [1.82, 2.24) is 0 Å². The summed E-state index contributed by atoms with van der Waals surface area (Å²) in [6, 6.07) is 18.5. The Bertz CT molecular complexity index is 590. The maximum Gasteiger partial charge on any atom is 0.139 e. The van der Waals surface area contributed by atoms with E-state index in [0.717, 1.165) is 22.3 Å². The molecule has 76 valence electrons. The molecule has 3 aromatic rings. The Labute approximate surface area is 95.1 Å². The largest absolute Gasteiger partial charge is 0.456 e. The van der Waals surface area contributed by atoms with Crippen LogP contribution in [-0.4, -0.2) is 7.85 Å². The monoisotopic (exact) mass is 206 g/mol. The number of hydrogen-bond donors (Lipinski definition) is 0. The molecule has 0 saturated carbocycles. The molecule has 0 aliphatic heterocycles. The van der Waals surface area contributed by atoms with Gasteiger partial charge in [0.25, 0.3) is 0 Å². The first-order valence-corrected chi connectivity index (χ1v) is 5.38. The number of rotatable bonds is 1. The van der Waals surface area contributed by atoms with Crippen LogP contribution in [0.4, 0.5) is 0 Å². The van der Waals surface area contributed by atoms with Crippen LogP contribution in [0.15, 0.2) is 59.0 Å². The molecule has 3 rings (SSSR count). The van der Waals surface area contributed by atoms with Crippen LogP contribution in [0, 0.1) is 0 Å². The second-order valence-corrected chi connectivity index (χ2v) is 4.01. The topological polar surface area (TPSA) is 13.1 Å². The van der Waals surface area contributed by atoms with Crippen LogP contribution in [0.2, 0.25) is 0 Å². The SMILES string of the molecule is Bc1ccc(-c2cc3ccccc3o2)cc1. The quantitative estimate of drug-likeness (QED) is 0.557. The van der Waals surface area contributed by atoms with Gasteiger partial charge >= 0.3 is 0 Å². The first-order chi connectivity index (χ1) is 7.83. The van der Waals surface area contributed by atoms with Gasteiger partial charge in [-0.05, 0) is 12.1 Å². The number of hydrogen-bond acceptors (Lipinski definition) is 1. The van der Waals surface area contributed by atoms with Crippen molar-refractivity contribution in [1.29, 1.82) is 0 Å². The van der Waals surface area contributed by atoms with E-state index in [-0.39, 0.29) is 0 Å². The van der Waals surface area contributed by atoms with Crippen LogP contribution in [0.1, 0.15) is 0 Å². The highest BCUT2D eigenvalue weighted by atomic mass is 16.3. The predicted molar refractivity (Wildman–Crippen MR) is 69.8 cm³/mol. The fourth-order valence-corrected chi connectivity index (χ4v) is 1.84. The summed E-state index contributed by atoms with van der Waals surface area (Å²) >= 11 is 0. The first-order valence-electron chi connectivity index (χ1n) is 5.38. The van der Waals surface area contributed by atoms with Crippen molar-refractivity contribution >= 4 is 24.3 Å². The number of fused-ring (bicyclic) bond motifs is 1. The third-order valence-electron chi connectivity index (χ3n) is 2.76. The van der Waals surface area contributed by atoms with Crippen molar-refractivity contribution in [3.05, 3.63) is 54.6 Å². The Morgan fingerprint density at radius 3 is 2.38 bits per heavy atom. The molecule has 1 heterocycles. The summed E-state index contributed by atoms with van der Waals surface area (Å²) < 4.78 is 5.79. The minimum absolute atomic E-state index is 0.932. The maximum atomic E-state index is 5.79. The van der Waals surface area contributed by atoms with Crippen molar-refractivity contribution in [2.24, 2.45) is 0 Å². The van der Waals surface area contributed by atoms with Gasteiger partial charge < -0.3 is 4.42 Å². The fourth-order valence-electron chi connectivity index (χ4n) is 1.84. The summed E-state index contributed by atoms with van der Waals surface area (Å²) in [5.41, 5.74) is 3.33. The lowest BCUT2D eigenvalue weighted by Gasteiger charge is -1.96. The van der Waals surface area contributed by atoms with E-state index >= 15 is 0 Å². The standard InChI is InChI=1S/C14H11BO/c15-12-7-5-10(6-8-12)14-9-11-3-1-2-4-13(11)16-14/h1-9H,15H2. The first kappa shape index (κ1) is 9.28. The van der Waals surface area contributed by atoms with Crippen molar-refractivity contribution in [3.8, 4) is 11.3 Å². The molecule has 0 N–H and O–H groups in total. The van der Waals surface area contributed by atoms with Gasteiger partial charge in [-0.25, -0.2) is 0 Å². The Balaban J connectivity index is 2.15. The Morgan fingerprint density at radius 1 is 0.875 bits per heavy atom. The normalized spacial score (nSPS) is 10.8. The lowest BCUT2D eigenvalue weighted by atomic mass is 9.95. The predicted octanol–water partition coefficient (Wildman–Crippen LogP) is 2.36. The zero-order valence-electron chi connectivity index (χ0n) is 9.10. The van der Waals surface area contributed by atoms with Crippen LogP contribution in [0.5, 0.6) is 0 Å². The summed E-state index contributed by atoms with van der Waals surface area (Å²) in [5.74, 6) is 0.932. The minimum Gasteiger partial charge on any atom is -0.456 e. The van der Waals surface area contributed by atoms with Crippen molar-refractivity contribution in [3.63, 3.8) is 0 Å². The molecule has 0 fully saturated rings. The number of benzene rings is 2. The molecule has 1 aromatic heterocycles. The zero-order chi connectivity index (χ0) is 11.0. The van der Waals surface area contributed by atoms with Crippen molar-refractivity contribution in [2.75, 3.05) is 0 Å². The van der Waals surface area contributed by atoms with Gasteiger partial charge in [-0.3, -0.25) is 0 Å². The molecule has 0 aliphatic carbocycles. The summed E-state index contributed by atoms with van der Waals surface area (Å²) in [7, 11) is 2.09. The molecule has 0 saturated heterocycles. The van der Waals surface area contributed by atoms with Crippen LogP contribution >= 0.6 is 0 Å². The summed E-state index contributed by atoms with van der Waals surface area (Å²) in [6.07, 6.45) is 0. The van der Waals surface area contributed by atoms with Gasteiger partial charge in [-0.2, -0.15) is 0 Å². The molecule has 0 atom stereocenters. The smallest absolute Gasteiger partial charge is 0.139 e. The summed E-state index contributed by atoms with van der Waals surface area (Å²) in [6.45, 7) is 0. The van der Waals surface area contributed by atoms with Gasteiger partial charge in [0.05, 0.1) is 0 Å². The molecule has 16 heavy (non-hydrogen) atoms. The number of furan rings is 1. The van der Waals surface area contributed by atoms with E-state index in [9.17, 15) is 0 Å². The van der Waals surface area contributed by atoms with E-state index < -0.39 is 0 Å². The lowest BCUT2D eigenvalue weighted by Crippen LogP contribution is -1.98. The van der Waals surface area contributed by atoms with E-state index in [1.807, 2.05) is 18.2 Å². The molecule has 0 aliphatic rings. The second-order valence-electron chi connectivity index (χ2n) is 4.01. The average molecular weight is 206 g/mol. The Hall–Kier alpha value is -1.96. The van der Waals surface area contributed by atoms with E-state index in [1.165, 1.54) is 5.46 Å². The zero-order valence-corrected chi connectivity index (χ0v) is 9.10. The lowest BCUT2D eigenvalue weighted by molar-refractivity contribution is 0.631. The molecular formula is C14H11BO. The molecule has 0 radical (unpaired) electrons. The number of para-hydroxylation sites is 1. The van der Waals surface area contributed by atoms with Crippen LogP contribution < -0.4 is 5.46 Å². The molecule has 0 bridgehead atoms. The molecule has 2 aromatic carbocycles. The van der Waals surface area contributed by atoms with E-state index in [2.05, 4.69) is 44.2 Å². The van der Waals surface area contributed by atoms with Gasteiger partial charge in [0, 0.05) is 10.9 Å². The van der Waals surface area contributed by atoms with Crippen molar-refractivity contribution < 1.29 is 4.42 Å². The van der Waals surface area contributed by atoms with Gasteiger partial charge in [-0.15, -0.1) is 0 Å². The van der Waals surface area contributed by atoms with Gasteiger partial charge in [0.1, 0.15) is 19.2 Å². The molecule has 2 heteroatoms. The molecule has 1 nitrogen and oxygen atoms in total. The van der Waals surface area contributed by atoms with Gasteiger partial charge in [-0.1, -0.05) is 47.9 Å². The van der Waals surface area contributed by atoms with Crippen molar-refractivity contribution in [2.45, 2.75) is 0 Å². The third kappa shape index (κ3) is 1.52. The summed E-state index contributed by atoms with van der Waals surface area (Å²) in [5, 5.41) is 1.15. The Kier molecular flexibility index (Phi) is 2.07. The van der Waals surface area contributed by atoms with E-state index in [0.29, 0.717) is 0 Å². The van der Waals surface area contributed by atoms with E-state index in [1.54, 1.807) is 0 Å². The molecule has 0 spiro atoms. The van der Waals surface area contributed by atoms with Gasteiger partial charge in [0.15, 0.2) is 0 Å². The summed E-state index contributed by atoms with van der Waals surface area (Å²) in [4.78, 5) is 0. The highest BCUT2D eigenvalue weighted by Gasteiger charge is 2.04. The average Bonchev–Trinajstić information content (AvgIpc) is 2.73. The van der Waals surface area contributed by atoms with Crippen LogP contribution in [0.3, 0.4) is 0 Å². The molecular weight excluding hydrogens is 195 g/mol. The van der Waals surface area contributed by atoms with Crippen LogP contribution in [0.25, 0.3) is 22.3 Å². The fraction of sp³-hybridized carbons (Fsp3) is 0. The van der Waals surface area contributed by atoms with Crippen LogP contribution in [-0.2, 0) is 0 Å². The second kappa shape index (κ2) is 3.56. The highest BCUT2D eigenvalue weighted by Crippen LogP contribution is 2.26. The minimum atomic E-state index is 0.932.